The van der Waals surface area contributed by atoms with Crippen LogP contribution >= 0.6 is 11.6 Å². The summed E-state index contributed by atoms with van der Waals surface area (Å²) in [6.45, 7) is 0. The molecule has 5 rings (SSSR count). The number of amides is 1. The standard InChI is InChI=1S/C17H19ClFNO/c18-13-1-2-14(15(19)8-13)17(21)20-16-11-4-9-3-10(6-11)7-12(16)5-9/h1-2,8-12,16H,3-7H2,(H,20,21). The van der Waals surface area contributed by atoms with Crippen molar-refractivity contribution in [2.45, 2.75) is 38.1 Å². The molecule has 21 heavy (non-hydrogen) atoms. The van der Waals surface area contributed by atoms with Crippen molar-refractivity contribution < 1.29 is 9.18 Å². The van der Waals surface area contributed by atoms with Crippen molar-refractivity contribution >= 4 is 17.5 Å². The van der Waals surface area contributed by atoms with Crippen molar-refractivity contribution in [2.24, 2.45) is 23.7 Å². The van der Waals surface area contributed by atoms with E-state index < -0.39 is 5.82 Å². The van der Waals surface area contributed by atoms with Gasteiger partial charge in [0.1, 0.15) is 5.82 Å². The largest absolute Gasteiger partial charge is 0.349 e. The van der Waals surface area contributed by atoms with Crippen LogP contribution in [0, 0.1) is 29.5 Å². The Morgan fingerprint density at radius 1 is 1.10 bits per heavy atom. The van der Waals surface area contributed by atoms with Gasteiger partial charge in [0, 0.05) is 11.1 Å². The minimum Gasteiger partial charge on any atom is -0.349 e. The highest BCUT2D eigenvalue weighted by molar-refractivity contribution is 6.30. The van der Waals surface area contributed by atoms with Crippen LogP contribution in [-0.4, -0.2) is 11.9 Å². The Kier molecular flexibility index (Phi) is 3.21. The third-order valence-corrected chi connectivity index (χ3v) is 5.94. The topological polar surface area (TPSA) is 29.1 Å². The van der Waals surface area contributed by atoms with E-state index in [-0.39, 0.29) is 17.5 Å². The highest BCUT2D eigenvalue weighted by atomic mass is 35.5. The van der Waals surface area contributed by atoms with Gasteiger partial charge in [0.2, 0.25) is 0 Å². The molecule has 0 atom stereocenters. The quantitative estimate of drug-likeness (QED) is 0.878. The van der Waals surface area contributed by atoms with Gasteiger partial charge in [-0.1, -0.05) is 11.6 Å². The molecule has 4 aliphatic carbocycles. The molecule has 0 spiro atoms. The molecule has 2 nitrogen and oxygen atoms in total. The number of halogens is 2. The Hall–Kier alpha value is -1.09. The Morgan fingerprint density at radius 2 is 1.71 bits per heavy atom. The molecule has 0 aromatic heterocycles. The highest BCUT2D eigenvalue weighted by Crippen LogP contribution is 2.53. The van der Waals surface area contributed by atoms with E-state index in [4.69, 9.17) is 11.6 Å². The van der Waals surface area contributed by atoms with E-state index in [0.29, 0.717) is 16.9 Å². The minimum absolute atomic E-state index is 0.105. The average molecular weight is 308 g/mol. The molecular weight excluding hydrogens is 289 g/mol. The first-order valence-electron chi connectivity index (χ1n) is 7.86. The van der Waals surface area contributed by atoms with Gasteiger partial charge >= 0.3 is 0 Å². The van der Waals surface area contributed by atoms with Crippen LogP contribution in [-0.2, 0) is 0 Å². The number of hydrogen-bond acceptors (Lipinski definition) is 1. The van der Waals surface area contributed by atoms with Crippen LogP contribution in [0.3, 0.4) is 0 Å². The van der Waals surface area contributed by atoms with Gasteiger partial charge in [0.25, 0.3) is 5.91 Å². The fourth-order valence-corrected chi connectivity index (χ4v) is 5.22. The van der Waals surface area contributed by atoms with Crippen molar-refractivity contribution in [3.63, 3.8) is 0 Å². The molecule has 4 fully saturated rings. The molecule has 1 amide bonds. The first-order valence-corrected chi connectivity index (χ1v) is 8.24. The predicted octanol–water partition coefficient (Wildman–Crippen LogP) is 4.03. The molecule has 1 aromatic carbocycles. The van der Waals surface area contributed by atoms with Crippen molar-refractivity contribution in [1.82, 2.24) is 5.32 Å². The summed E-state index contributed by atoms with van der Waals surface area (Å²) < 4.78 is 13.9. The molecule has 112 valence electrons. The summed E-state index contributed by atoms with van der Waals surface area (Å²) in [4.78, 5) is 12.4. The lowest BCUT2D eigenvalue weighted by Gasteiger charge is -2.54. The summed E-state index contributed by atoms with van der Waals surface area (Å²) in [5.74, 6) is 2.10. The summed E-state index contributed by atoms with van der Waals surface area (Å²) in [6, 6.07) is 4.48. The second-order valence-electron chi connectivity index (χ2n) is 7.05. The third-order valence-electron chi connectivity index (χ3n) is 5.70. The Labute approximate surface area is 129 Å². The van der Waals surface area contributed by atoms with Crippen LogP contribution in [0.5, 0.6) is 0 Å². The van der Waals surface area contributed by atoms with Crippen LogP contribution in [0.1, 0.15) is 42.5 Å². The number of benzene rings is 1. The van der Waals surface area contributed by atoms with E-state index in [9.17, 15) is 9.18 Å². The van der Waals surface area contributed by atoms with Gasteiger partial charge < -0.3 is 5.32 Å². The van der Waals surface area contributed by atoms with Crippen molar-refractivity contribution in [1.29, 1.82) is 0 Å². The highest BCUT2D eigenvalue weighted by Gasteiger charge is 2.48. The number of hydrogen-bond donors (Lipinski definition) is 1. The second kappa shape index (κ2) is 4.98. The van der Waals surface area contributed by atoms with Crippen LogP contribution in [0.4, 0.5) is 4.39 Å². The molecule has 1 N–H and O–H groups in total. The van der Waals surface area contributed by atoms with Crippen molar-refractivity contribution in [3.05, 3.63) is 34.6 Å². The lowest BCUT2D eigenvalue weighted by atomic mass is 9.54. The number of carbonyl (C=O) groups is 1. The van der Waals surface area contributed by atoms with Gasteiger partial charge in [0.05, 0.1) is 5.56 Å². The van der Waals surface area contributed by atoms with Crippen molar-refractivity contribution in [2.75, 3.05) is 0 Å². The zero-order chi connectivity index (χ0) is 14.6. The fraction of sp³-hybridized carbons (Fsp3) is 0.588. The Morgan fingerprint density at radius 3 is 2.29 bits per heavy atom. The smallest absolute Gasteiger partial charge is 0.254 e. The lowest BCUT2D eigenvalue weighted by Crippen LogP contribution is -2.55. The summed E-state index contributed by atoms with van der Waals surface area (Å²) in [6.07, 6.45) is 6.34. The zero-order valence-electron chi connectivity index (χ0n) is 11.8. The average Bonchev–Trinajstić information content (AvgIpc) is 2.41. The molecule has 4 bridgehead atoms. The predicted molar refractivity (Wildman–Crippen MR) is 79.7 cm³/mol. The van der Waals surface area contributed by atoms with E-state index in [1.54, 1.807) is 6.07 Å². The molecule has 0 radical (unpaired) electrons. The van der Waals surface area contributed by atoms with Gasteiger partial charge in [-0.25, -0.2) is 4.39 Å². The molecule has 0 aliphatic heterocycles. The Balaban J connectivity index is 1.52. The Bertz CT molecular complexity index is 560. The van der Waals surface area contributed by atoms with Crippen LogP contribution in [0.25, 0.3) is 0 Å². The van der Waals surface area contributed by atoms with Crippen LogP contribution < -0.4 is 5.32 Å². The zero-order valence-corrected chi connectivity index (χ0v) is 12.6. The lowest BCUT2D eigenvalue weighted by molar-refractivity contribution is -0.0120. The van der Waals surface area contributed by atoms with Gasteiger partial charge in [-0.05, 0) is 74.0 Å². The monoisotopic (exact) mass is 307 g/mol. The van der Waals surface area contributed by atoms with Gasteiger partial charge in [-0.15, -0.1) is 0 Å². The molecular formula is C17H19ClFNO. The summed E-state index contributed by atoms with van der Waals surface area (Å²) in [5, 5.41) is 3.43. The maximum Gasteiger partial charge on any atom is 0.254 e. The van der Waals surface area contributed by atoms with E-state index in [0.717, 1.165) is 11.8 Å². The molecule has 0 heterocycles. The number of nitrogens with one attached hydrogen (secondary N) is 1. The molecule has 4 saturated carbocycles. The molecule has 0 saturated heterocycles. The normalized spacial score (nSPS) is 36.8. The molecule has 4 heteroatoms. The van der Waals surface area contributed by atoms with E-state index in [1.165, 1.54) is 44.2 Å². The fourth-order valence-electron chi connectivity index (χ4n) is 5.06. The SMILES string of the molecule is O=C(NC1C2CC3CC(C2)CC1C3)c1ccc(Cl)cc1F. The summed E-state index contributed by atoms with van der Waals surface area (Å²) >= 11 is 5.74. The first kappa shape index (κ1) is 13.6. The van der Waals surface area contributed by atoms with E-state index in [2.05, 4.69) is 5.32 Å². The van der Waals surface area contributed by atoms with E-state index in [1.807, 2.05) is 0 Å². The van der Waals surface area contributed by atoms with Gasteiger partial charge in [-0.3, -0.25) is 4.79 Å². The molecule has 4 aliphatic rings. The van der Waals surface area contributed by atoms with E-state index >= 15 is 0 Å². The molecule has 0 unspecified atom stereocenters. The number of rotatable bonds is 2. The minimum atomic E-state index is -0.538. The number of carbonyl (C=O) groups excluding carboxylic acids is 1. The maximum absolute atomic E-state index is 13.9. The second-order valence-corrected chi connectivity index (χ2v) is 7.49. The molecule has 1 aromatic rings. The maximum atomic E-state index is 13.9. The third kappa shape index (κ3) is 2.36. The van der Waals surface area contributed by atoms with Crippen LogP contribution in [0.2, 0.25) is 5.02 Å². The van der Waals surface area contributed by atoms with Crippen LogP contribution in [0.15, 0.2) is 18.2 Å². The van der Waals surface area contributed by atoms with Gasteiger partial charge in [0.15, 0.2) is 0 Å². The first-order chi connectivity index (χ1) is 10.1. The van der Waals surface area contributed by atoms with Gasteiger partial charge in [-0.2, -0.15) is 0 Å². The summed E-state index contributed by atoms with van der Waals surface area (Å²) in [5.41, 5.74) is 0.105. The van der Waals surface area contributed by atoms with Crippen molar-refractivity contribution in [3.8, 4) is 0 Å². The summed E-state index contributed by atoms with van der Waals surface area (Å²) in [7, 11) is 0.